The first-order chi connectivity index (χ1) is 23.6. The third-order valence-electron chi connectivity index (χ3n) is 9.98. The lowest BCUT2D eigenvalue weighted by Gasteiger charge is -2.52. The Hall–Kier alpha value is -4.19. The molecule has 1 aromatic heterocycles. The number of esters is 2. The van der Waals surface area contributed by atoms with Crippen LogP contribution < -0.4 is 18.9 Å². The summed E-state index contributed by atoms with van der Waals surface area (Å²) >= 11 is 5.15. The predicted molar refractivity (Wildman–Crippen MR) is 186 cm³/mol. The van der Waals surface area contributed by atoms with Crippen LogP contribution >= 0.6 is 11.6 Å². The lowest BCUT2D eigenvalue weighted by Crippen LogP contribution is -2.58. The number of aromatic amines is 1. The Morgan fingerprint density at radius 2 is 1.67 bits per heavy atom. The molecule has 3 heterocycles. The van der Waals surface area contributed by atoms with Crippen molar-refractivity contribution >= 4 is 34.4 Å². The summed E-state index contributed by atoms with van der Waals surface area (Å²) in [6, 6.07) is 9.40. The number of carbonyl (C=O) groups is 2. The van der Waals surface area contributed by atoms with Crippen molar-refractivity contribution in [1.29, 1.82) is 0 Å². The molecule has 0 spiro atoms. The van der Waals surface area contributed by atoms with Crippen LogP contribution in [0.4, 0.5) is 0 Å². The maximum Gasteiger partial charge on any atom is 0.338 e. The van der Waals surface area contributed by atoms with Crippen molar-refractivity contribution < 1.29 is 42.7 Å². The number of aromatic nitrogens is 1. The number of hydrogen-bond donors (Lipinski definition) is 1. The summed E-state index contributed by atoms with van der Waals surface area (Å²) in [6.07, 6.45) is 2.41. The van der Waals surface area contributed by atoms with Crippen molar-refractivity contribution in [2.24, 2.45) is 17.8 Å². The highest BCUT2D eigenvalue weighted by atomic mass is 35.5. The van der Waals surface area contributed by atoms with Crippen LogP contribution in [-0.4, -0.2) is 89.8 Å². The van der Waals surface area contributed by atoms with Gasteiger partial charge in [0.25, 0.3) is 0 Å². The van der Waals surface area contributed by atoms with Gasteiger partial charge in [-0.25, -0.2) is 4.79 Å². The van der Waals surface area contributed by atoms with Gasteiger partial charge in [-0.1, -0.05) is 30.8 Å². The van der Waals surface area contributed by atoms with E-state index < -0.39 is 24.1 Å². The zero-order valence-corrected chi connectivity index (χ0v) is 29.6. The number of piperidine rings is 1. The van der Waals surface area contributed by atoms with E-state index in [2.05, 4.69) is 29.1 Å². The molecule has 6 atom stereocenters. The molecule has 12 heteroatoms. The van der Waals surface area contributed by atoms with E-state index in [1.165, 1.54) is 51.2 Å². The smallest absolute Gasteiger partial charge is 0.338 e. The number of ether oxygens (including phenoxy) is 7. The maximum atomic E-state index is 13.5. The van der Waals surface area contributed by atoms with Gasteiger partial charge in [0.15, 0.2) is 11.5 Å². The first kappa shape index (κ1) is 36.1. The number of hydrogen-bond acceptors (Lipinski definition) is 10. The predicted octanol–water partition coefficient (Wildman–Crippen LogP) is 6.10. The number of rotatable bonds is 9. The first-order valence-electron chi connectivity index (χ1n) is 16.1. The van der Waals surface area contributed by atoms with E-state index in [0.29, 0.717) is 28.7 Å². The molecule has 2 aliphatic heterocycles. The Bertz CT molecular complexity index is 1680. The molecule has 0 amide bonds. The van der Waals surface area contributed by atoms with E-state index in [0.717, 1.165) is 37.2 Å². The Morgan fingerprint density at radius 1 is 0.980 bits per heavy atom. The van der Waals surface area contributed by atoms with E-state index in [-0.39, 0.29) is 29.4 Å². The molecule has 11 nitrogen and oxygen atoms in total. The van der Waals surface area contributed by atoms with Gasteiger partial charge in [0.2, 0.25) is 5.75 Å². The fourth-order valence-electron chi connectivity index (χ4n) is 7.76. The Balaban J connectivity index is 0.000000874. The maximum absolute atomic E-state index is 13.5. The number of nitrogens with one attached hydrogen (secondary N) is 1. The van der Waals surface area contributed by atoms with Crippen molar-refractivity contribution in [3.05, 3.63) is 71.4 Å². The molecule has 6 rings (SSSR count). The summed E-state index contributed by atoms with van der Waals surface area (Å²) in [7, 11) is 9.10. The number of allylic oxidation sites excluding steroid dienone is 2. The highest BCUT2D eigenvalue weighted by Crippen LogP contribution is 2.51. The van der Waals surface area contributed by atoms with Gasteiger partial charge in [-0.2, -0.15) is 0 Å². The molecule has 3 aliphatic rings. The van der Waals surface area contributed by atoms with Gasteiger partial charge in [-0.05, 0) is 60.9 Å². The zero-order valence-electron chi connectivity index (χ0n) is 28.9. The lowest BCUT2D eigenvalue weighted by molar-refractivity contribution is -0.176. The third kappa shape index (κ3) is 7.11. The molecule has 0 unspecified atom stereocenters. The number of benzene rings is 2. The van der Waals surface area contributed by atoms with Gasteiger partial charge in [0.05, 0.1) is 53.1 Å². The Morgan fingerprint density at radius 3 is 2.24 bits per heavy atom. The number of nitrogens with zero attached hydrogens (tertiary/aromatic N) is 1. The van der Waals surface area contributed by atoms with Gasteiger partial charge < -0.3 is 38.1 Å². The van der Waals surface area contributed by atoms with Crippen LogP contribution in [0.2, 0.25) is 0 Å². The van der Waals surface area contributed by atoms with E-state index in [9.17, 15) is 9.59 Å². The van der Waals surface area contributed by atoms with Crippen LogP contribution in [0.5, 0.6) is 23.0 Å². The second-order valence-electron chi connectivity index (χ2n) is 12.3. The minimum Gasteiger partial charge on any atom is -0.497 e. The molecule has 2 aromatic carbocycles. The van der Waals surface area contributed by atoms with Gasteiger partial charge in [-0.3, -0.25) is 9.69 Å². The molecule has 2 fully saturated rings. The van der Waals surface area contributed by atoms with Gasteiger partial charge in [0, 0.05) is 47.9 Å². The molecule has 0 radical (unpaired) electrons. The third-order valence-corrected chi connectivity index (χ3v) is 10.1. The average molecular weight is 697 g/mol. The van der Waals surface area contributed by atoms with Crippen LogP contribution in [0.25, 0.3) is 10.9 Å². The minimum absolute atomic E-state index is 0.0170. The molecule has 264 valence electrons. The quantitative estimate of drug-likeness (QED) is 0.208. The minimum atomic E-state index is -0.670. The number of H-pyrrole nitrogens is 1. The highest BCUT2D eigenvalue weighted by Gasteiger charge is 2.54. The number of halogens is 1. The summed E-state index contributed by atoms with van der Waals surface area (Å²) in [6.45, 7) is 8.33. The molecule has 1 saturated heterocycles. The summed E-state index contributed by atoms with van der Waals surface area (Å²) in [4.78, 5) is 33.1. The number of fused-ring (bicyclic) bond motifs is 6. The molecular formula is C37H45ClN2O9. The summed E-state index contributed by atoms with van der Waals surface area (Å²) in [5.41, 5.74) is 3.83. The van der Waals surface area contributed by atoms with E-state index in [1.54, 1.807) is 26.4 Å². The van der Waals surface area contributed by atoms with Crippen molar-refractivity contribution in [3.63, 3.8) is 0 Å². The van der Waals surface area contributed by atoms with E-state index in [4.69, 9.17) is 44.8 Å². The largest absolute Gasteiger partial charge is 0.497 e. The van der Waals surface area contributed by atoms with Gasteiger partial charge in [0.1, 0.15) is 18.0 Å². The van der Waals surface area contributed by atoms with E-state index in [1.807, 2.05) is 12.1 Å². The summed E-state index contributed by atoms with van der Waals surface area (Å²) in [5.74, 6) is 0.441. The second kappa shape index (κ2) is 15.6. The molecule has 1 aliphatic carbocycles. The van der Waals surface area contributed by atoms with Crippen LogP contribution in [0, 0.1) is 17.8 Å². The number of carbonyl (C=O) groups excluding carboxylic acids is 2. The van der Waals surface area contributed by atoms with Crippen molar-refractivity contribution in [3.8, 4) is 23.0 Å². The van der Waals surface area contributed by atoms with Crippen LogP contribution in [-0.2, 0) is 25.4 Å². The topological polar surface area (TPSA) is 118 Å². The Kier molecular flexibility index (Phi) is 11.5. The second-order valence-corrected chi connectivity index (χ2v) is 12.8. The van der Waals surface area contributed by atoms with Crippen LogP contribution in [0.1, 0.15) is 40.5 Å². The molecular weight excluding hydrogens is 652 g/mol. The van der Waals surface area contributed by atoms with Crippen LogP contribution in [0.15, 0.2) is 54.6 Å². The first-order valence-corrected chi connectivity index (χ1v) is 16.5. The number of methoxy groups -OCH3 is 6. The van der Waals surface area contributed by atoms with Crippen LogP contribution in [0.3, 0.4) is 0 Å². The molecule has 1 saturated carbocycles. The zero-order chi connectivity index (χ0) is 35.4. The summed E-state index contributed by atoms with van der Waals surface area (Å²) in [5, 5.41) is 1.70. The lowest BCUT2D eigenvalue weighted by atomic mass is 9.63. The molecule has 1 N–H and O–H groups in total. The fourth-order valence-corrected chi connectivity index (χ4v) is 7.76. The van der Waals surface area contributed by atoms with Crippen molar-refractivity contribution in [2.45, 2.75) is 37.5 Å². The molecule has 3 aromatic rings. The fraction of sp³-hybridized carbons (Fsp3) is 0.459. The normalized spacial score (nSPS) is 24.1. The Labute approximate surface area is 292 Å². The van der Waals surface area contributed by atoms with Crippen molar-refractivity contribution in [1.82, 2.24) is 9.88 Å². The van der Waals surface area contributed by atoms with Crippen molar-refractivity contribution in [2.75, 3.05) is 55.7 Å². The van der Waals surface area contributed by atoms with Gasteiger partial charge >= 0.3 is 11.9 Å². The van der Waals surface area contributed by atoms with Gasteiger partial charge in [-0.15, -0.1) is 0 Å². The molecule has 49 heavy (non-hydrogen) atoms. The van der Waals surface area contributed by atoms with E-state index >= 15 is 0 Å². The SMILES string of the molecule is C=CC(=C)Cl.COC(=O)[C@H]1[C@H]2C[C@@H]3c4[nH]c5cc(OC)ccc5c4CCN3C[C@H]2C[C@@H](OC(=O)c2cc(OC)c(OC)c(OC)c2)[C@@H]1OC. The monoisotopic (exact) mass is 696 g/mol. The summed E-state index contributed by atoms with van der Waals surface area (Å²) < 4.78 is 39.1. The highest BCUT2D eigenvalue weighted by molar-refractivity contribution is 6.30. The molecule has 0 bridgehead atoms. The standard InChI is InChI=1S/C33H40N2O9.C4H5Cl/c1-38-19-7-8-20-21-9-10-35-16-18-13-27(44-32(36)17-11-25(39-2)30(41-4)26(12-17)40-3)31(42-5)28(33(37)43-6)22(18)15-24(35)29(21)34-23(20)14-19;1-3-4(2)5/h7-8,11-12,14,18,22,24,27-28,31,34H,9-10,13,15-16H2,1-6H3;3H,1-2H2/t18-,22+,24-,27-,28+,31+;/m1./s1. The average Bonchev–Trinajstić information content (AvgIpc) is 3.50.